The van der Waals surface area contributed by atoms with E-state index >= 15 is 0 Å². The van der Waals surface area contributed by atoms with Gasteiger partial charge in [-0.2, -0.15) is 10.5 Å². The molecule has 25 heavy (non-hydrogen) atoms. The van der Waals surface area contributed by atoms with Crippen molar-refractivity contribution in [2.45, 2.75) is 6.04 Å². The minimum atomic E-state index is -0.988. The van der Waals surface area contributed by atoms with Crippen LogP contribution < -0.4 is 22.1 Å². The maximum absolute atomic E-state index is 13.6. The molecule has 124 valence electrons. The number of nitriles is 2. The Labute approximate surface area is 140 Å². The number of nitrogens with two attached hydrogens (primary N) is 2. The van der Waals surface area contributed by atoms with Gasteiger partial charge < -0.3 is 16.8 Å². The Morgan fingerprint density at radius 1 is 1.16 bits per heavy atom. The molecule has 1 atom stereocenters. The van der Waals surface area contributed by atoms with Gasteiger partial charge in [-0.1, -0.05) is 0 Å². The molecule has 0 aliphatic carbocycles. The summed E-state index contributed by atoms with van der Waals surface area (Å²) in [6.45, 7) is 0. The molecule has 1 aromatic carbocycles. The number of nitrogens with zero attached hydrogens (tertiary/aromatic N) is 4. The average Bonchev–Trinajstić information content (AvgIpc) is 2.53. The van der Waals surface area contributed by atoms with Gasteiger partial charge >= 0.3 is 0 Å². The van der Waals surface area contributed by atoms with Gasteiger partial charge in [0, 0.05) is 11.6 Å². The lowest BCUT2D eigenvalue weighted by Crippen LogP contribution is -2.32. The van der Waals surface area contributed by atoms with E-state index in [1.807, 2.05) is 6.07 Å². The molecule has 2 aromatic rings. The third-order valence-corrected chi connectivity index (χ3v) is 3.56. The van der Waals surface area contributed by atoms with Gasteiger partial charge in [0.05, 0.1) is 5.69 Å². The molecule has 1 aliphatic heterocycles. The van der Waals surface area contributed by atoms with Crippen LogP contribution in [0, 0.1) is 34.4 Å². The van der Waals surface area contributed by atoms with Gasteiger partial charge in [0.1, 0.15) is 40.9 Å². The molecule has 0 fully saturated rings. The molecule has 0 radical (unpaired) electrons. The first-order valence-electron chi connectivity index (χ1n) is 6.89. The molecule has 10 heteroatoms. The van der Waals surface area contributed by atoms with Crippen molar-refractivity contribution in [3.05, 3.63) is 46.5 Å². The number of halogens is 2. The van der Waals surface area contributed by atoms with Gasteiger partial charge in [0.25, 0.3) is 0 Å². The Morgan fingerprint density at radius 2 is 1.84 bits per heavy atom. The van der Waals surface area contributed by atoms with Crippen LogP contribution >= 0.6 is 0 Å². The number of anilines is 3. The number of aliphatic imine (C=N–C) groups is 1. The van der Waals surface area contributed by atoms with E-state index in [9.17, 15) is 14.0 Å². The van der Waals surface area contributed by atoms with Crippen LogP contribution in [0.5, 0.6) is 0 Å². The Bertz CT molecular complexity index is 966. The van der Waals surface area contributed by atoms with Crippen molar-refractivity contribution in [2.24, 2.45) is 4.99 Å². The summed E-state index contributed by atoms with van der Waals surface area (Å²) < 4.78 is 27.2. The summed E-state index contributed by atoms with van der Waals surface area (Å²) in [5, 5.41) is 23.0. The Kier molecular flexibility index (Phi) is 3.79. The van der Waals surface area contributed by atoms with Crippen molar-refractivity contribution >= 4 is 23.3 Å². The van der Waals surface area contributed by atoms with Gasteiger partial charge in [0.2, 0.25) is 5.96 Å². The van der Waals surface area contributed by atoms with E-state index in [-0.39, 0.29) is 40.0 Å². The van der Waals surface area contributed by atoms with Gasteiger partial charge in [-0.25, -0.2) is 18.8 Å². The summed E-state index contributed by atoms with van der Waals surface area (Å²) in [5.74, 6) is -1.59. The number of hydrogen-bond donors (Lipinski definition) is 4. The van der Waals surface area contributed by atoms with Gasteiger partial charge in [0.15, 0.2) is 6.19 Å². The zero-order valence-electron chi connectivity index (χ0n) is 12.5. The first-order valence-corrected chi connectivity index (χ1v) is 6.89. The number of guanidine groups is 1. The summed E-state index contributed by atoms with van der Waals surface area (Å²) in [4.78, 5) is 8.24. The van der Waals surface area contributed by atoms with Crippen LogP contribution in [0.1, 0.15) is 22.7 Å². The Hall–Kier alpha value is -3.92. The summed E-state index contributed by atoms with van der Waals surface area (Å²) in [7, 11) is 0. The number of rotatable bonds is 1. The number of nitrogen functional groups attached to an aromatic ring is 2. The summed E-state index contributed by atoms with van der Waals surface area (Å²) in [6, 6.07) is 3.73. The normalized spacial score (nSPS) is 15.2. The smallest absolute Gasteiger partial charge is 0.211 e. The second-order valence-corrected chi connectivity index (χ2v) is 5.10. The van der Waals surface area contributed by atoms with E-state index < -0.39 is 17.7 Å². The van der Waals surface area contributed by atoms with Crippen LogP contribution in [-0.4, -0.2) is 10.9 Å². The third kappa shape index (κ3) is 2.72. The molecule has 1 aromatic heterocycles. The van der Waals surface area contributed by atoms with Crippen molar-refractivity contribution in [2.75, 3.05) is 16.8 Å². The van der Waals surface area contributed by atoms with Crippen LogP contribution in [0.15, 0.2) is 23.2 Å². The monoisotopic (exact) mass is 340 g/mol. The second-order valence-electron chi connectivity index (χ2n) is 5.10. The topological polar surface area (TPSA) is 149 Å². The SMILES string of the molecule is N#CNC1=NC(c2cc(F)cc(F)c2)c2c(nc(N)c(C#N)c2N)N1. The first kappa shape index (κ1) is 16.0. The maximum atomic E-state index is 13.6. The van der Waals surface area contributed by atoms with E-state index in [1.54, 1.807) is 6.19 Å². The molecule has 3 rings (SSSR count). The average molecular weight is 340 g/mol. The second kappa shape index (κ2) is 5.94. The van der Waals surface area contributed by atoms with E-state index in [0.717, 1.165) is 18.2 Å². The van der Waals surface area contributed by atoms with Crippen molar-refractivity contribution in [1.29, 1.82) is 10.5 Å². The fourth-order valence-corrected chi connectivity index (χ4v) is 2.56. The summed E-state index contributed by atoms with van der Waals surface area (Å²) in [5.41, 5.74) is 12.0. The number of aromatic nitrogens is 1. The van der Waals surface area contributed by atoms with E-state index in [1.165, 1.54) is 0 Å². The Morgan fingerprint density at radius 3 is 2.44 bits per heavy atom. The lowest BCUT2D eigenvalue weighted by molar-refractivity contribution is 0.577. The molecular weight excluding hydrogens is 330 g/mol. The van der Waals surface area contributed by atoms with E-state index in [4.69, 9.17) is 16.7 Å². The van der Waals surface area contributed by atoms with Crippen LogP contribution in [0.2, 0.25) is 0 Å². The van der Waals surface area contributed by atoms with Gasteiger partial charge in [-0.3, -0.25) is 5.32 Å². The number of fused-ring (bicyclic) bond motifs is 1. The van der Waals surface area contributed by atoms with Crippen LogP contribution in [-0.2, 0) is 0 Å². The maximum Gasteiger partial charge on any atom is 0.211 e. The predicted octanol–water partition coefficient (Wildman–Crippen LogP) is 1.34. The van der Waals surface area contributed by atoms with Crippen molar-refractivity contribution in [3.63, 3.8) is 0 Å². The quantitative estimate of drug-likeness (QED) is 0.452. The largest absolute Gasteiger partial charge is 0.397 e. The number of hydrogen-bond acceptors (Lipinski definition) is 8. The van der Waals surface area contributed by atoms with Crippen molar-refractivity contribution in [3.8, 4) is 12.3 Å². The highest BCUT2D eigenvalue weighted by Crippen LogP contribution is 2.40. The fourth-order valence-electron chi connectivity index (χ4n) is 2.56. The van der Waals surface area contributed by atoms with Crippen LogP contribution in [0.3, 0.4) is 0 Å². The molecule has 0 saturated carbocycles. The lowest BCUT2D eigenvalue weighted by Gasteiger charge is -2.26. The fraction of sp³-hybridized carbons (Fsp3) is 0.0667. The molecule has 6 N–H and O–H groups in total. The van der Waals surface area contributed by atoms with Gasteiger partial charge in [-0.15, -0.1) is 0 Å². The summed E-state index contributed by atoms with van der Waals surface area (Å²) >= 11 is 0. The van der Waals surface area contributed by atoms with E-state index in [0.29, 0.717) is 0 Å². The summed E-state index contributed by atoms with van der Waals surface area (Å²) in [6.07, 6.45) is 1.68. The molecule has 0 bridgehead atoms. The minimum Gasteiger partial charge on any atom is -0.397 e. The molecule has 2 heterocycles. The zero-order chi connectivity index (χ0) is 18.1. The number of benzene rings is 1. The number of nitrogens with one attached hydrogen (secondary N) is 2. The van der Waals surface area contributed by atoms with E-state index in [2.05, 4.69) is 20.6 Å². The molecule has 0 amide bonds. The van der Waals surface area contributed by atoms with Crippen molar-refractivity contribution in [1.82, 2.24) is 10.3 Å². The van der Waals surface area contributed by atoms with Crippen molar-refractivity contribution < 1.29 is 8.78 Å². The molecular formula is C15H10F2N8. The first-order chi connectivity index (χ1) is 11.9. The predicted molar refractivity (Wildman–Crippen MR) is 85.8 cm³/mol. The van der Waals surface area contributed by atoms with Crippen LogP contribution in [0.25, 0.3) is 0 Å². The Balaban J connectivity index is 2.27. The highest BCUT2D eigenvalue weighted by Gasteiger charge is 2.30. The third-order valence-electron chi connectivity index (χ3n) is 3.56. The minimum absolute atomic E-state index is 0.000627. The van der Waals surface area contributed by atoms with Crippen LogP contribution in [0.4, 0.5) is 26.1 Å². The molecule has 1 aliphatic rings. The standard InChI is InChI=1S/C15H10F2N8/c16-7-1-6(2-8(17)3-7)12-10-11(20)9(4-18)13(21)24-14(10)25-15(23-12)22-5-19/h1-3,12H,(H6,20,21,22,23,24,25). The highest BCUT2D eigenvalue weighted by atomic mass is 19.1. The molecule has 1 unspecified atom stereocenters. The molecule has 8 nitrogen and oxygen atoms in total. The van der Waals surface area contributed by atoms with Gasteiger partial charge in [-0.05, 0) is 17.7 Å². The number of pyridine rings is 1. The lowest BCUT2D eigenvalue weighted by atomic mass is 9.95. The zero-order valence-corrected chi connectivity index (χ0v) is 12.5. The highest BCUT2D eigenvalue weighted by molar-refractivity contribution is 5.98. The molecule has 0 saturated heterocycles. The molecule has 0 spiro atoms.